The molecule has 0 aliphatic carbocycles. The van der Waals surface area contributed by atoms with Gasteiger partial charge in [0.05, 0.1) is 41.7 Å². The fraction of sp³-hybridized carbons (Fsp3) is 0.172. The number of benzene rings is 3. The number of carbonyl (C=O) groups is 1. The largest absolute Gasteiger partial charge is 0.497 e. The van der Waals surface area contributed by atoms with E-state index >= 15 is 0 Å². The first-order chi connectivity index (χ1) is 19.6. The van der Waals surface area contributed by atoms with Crippen molar-refractivity contribution >= 4 is 51.0 Å². The molecule has 1 heterocycles. The zero-order valence-corrected chi connectivity index (χ0v) is 25.1. The Balaban J connectivity index is 1.61. The molecule has 41 heavy (non-hydrogen) atoms. The Morgan fingerprint density at radius 2 is 1.73 bits per heavy atom. The van der Waals surface area contributed by atoms with Gasteiger partial charge in [0, 0.05) is 28.0 Å². The third-order valence-corrected chi connectivity index (χ3v) is 8.60. The molecule has 0 radical (unpaired) electrons. The van der Waals surface area contributed by atoms with Crippen LogP contribution < -0.4 is 19.2 Å². The van der Waals surface area contributed by atoms with Crippen LogP contribution in [0.15, 0.2) is 82.8 Å². The van der Waals surface area contributed by atoms with Crippen LogP contribution in [-0.4, -0.2) is 45.9 Å². The summed E-state index contributed by atoms with van der Waals surface area (Å²) in [6, 6.07) is 19.6. The number of nitrogens with zero attached hydrogens (tertiary/aromatic N) is 3. The van der Waals surface area contributed by atoms with Crippen molar-refractivity contribution in [3.63, 3.8) is 0 Å². The van der Waals surface area contributed by atoms with Crippen molar-refractivity contribution in [1.29, 1.82) is 0 Å². The third-order valence-electron chi connectivity index (χ3n) is 6.29. The highest BCUT2D eigenvalue weighted by atomic mass is 35.5. The lowest BCUT2D eigenvalue weighted by Gasteiger charge is -2.25. The summed E-state index contributed by atoms with van der Waals surface area (Å²) in [5.41, 5.74) is 5.79. The SMILES string of the molecule is COc1ccc(OC)c(N(CC(=O)N/N=C\c2cc(C)n(-c3ccc(Cl)cc3Cl)c2C)S(=O)(=O)c2ccccc2)c1. The van der Waals surface area contributed by atoms with Gasteiger partial charge in [0.15, 0.2) is 0 Å². The molecule has 1 amide bonds. The van der Waals surface area contributed by atoms with Crippen LogP contribution in [0.5, 0.6) is 11.5 Å². The topological polar surface area (TPSA) is 102 Å². The molecular formula is C29H28Cl2N4O5S. The minimum Gasteiger partial charge on any atom is -0.497 e. The Morgan fingerprint density at radius 3 is 2.39 bits per heavy atom. The summed E-state index contributed by atoms with van der Waals surface area (Å²) in [4.78, 5) is 13.1. The molecule has 214 valence electrons. The number of aryl methyl sites for hydroxylation is 1. The molecule has 0 aliphatic heterocycles. The van der Waals surface area contributed by atoms with Crippen LogP contribution in [-0.2, 0) is 14.8 Å². The lowest BCUT2D eigenvalue weighted by Crippen LogP contribution is -2.39. The van der Waals surface area contributed by atoms with Gasteiger partial charge in [-0.3, -0.25) is 9.10 Å². The van der Waals surface area contributed by atoms with Crippen molar-refractivity contribution in [2.24, 2.45) is 5.10 Å². The highest BCUT2D eigenvalue weighted by molar-refractivity contribution is 7.92. The second-order valence-corrected chi connectivity index (χ2v) is 11.6. The van der Waals surface area contributed by atoms with Crippen LogP contribution in [0.25, 0.3) is 5.69 Å². The molecule has 3 aromatic carbocycles. The van der Waals surface area contributed by atoms with Gasteiger partial charge in [-0.15, -0.1) is 0 Å². The van der Waals surface area contributed by atoms with Crippen LogP contribution in [0.1, 0.15) is 17.0 Å². The highest BCUT2D eigenvalue weighted by Gasteiger charge is 2.30. The number of hydrazone groups is 1. The molecule has 0 bridgehead atoms. The predicted molar refractivity (Wildman–Crippen MR) is 162 cm³/mol. The quantitative estimate of drug-likeness (QED) is 0.181. The first-order valence-electron chi connectivity index (χ1n) is 12.3. The summed E-state index contributed by atoms with van der Waals surface area (Å²) in [7, 11) is -1.30. The monoisotopic (exact) mass is 614 g/mol. The van der Waals surface area contributed by atoms with E-state index in [1.807, 2.05) is 30.5 Å². The first kappa shape index (κ1) is 30.0. The maximum atomic E-state index is 13.7. The Labute approximate surface area is 249 Å². The number of aromatic nitrogens is 1. The van der Waals surface area contributed by atoms with Gasteiger partial charge in [0.2, 0.25) is 0 Å². The Kier molecular flexibility index (Phi) is 9.27. The van der Waals surface area contributed by atoms with Gasteiger partial charge in [-0.25, -0.2) is 13.8 Å². The molecule has 9 nitrogen and oxygen atoms in total. The van der Waals surface area contributed by atoms with Gasteiger partial charge in [0.1, 0.15) is 18.0 Å². The van der Waals surface area contributed by atoms with E-state index in [4.69, 9.17) is 32.7 Å². The smallest absolute Gasteiger partial charge is 0.264 e. The number of nitrogens with one attached hydrogen (secondary N) is 1. The second-order valence-electron chi connectivity index (χ2n) is 8.91. The number of rotatable bonds is 10. The third kappa shape index (κ3) is 6.51. The van der Waals surface area contributed by atoms with E-state index in [9.17, 15) is 13.2 Å². The number of halogens is 2. The van der Waals surface area contributed by atoms with Crippen LogP contribution in [0.3, 0.4) is 0 Å². The van der Waals surface area contributed by atoms with Crippen LogP contribution >= 0.6 is 23.2 Å². The van der Waals surface area contributed by atoms with E-state index in [0.717, 1.165) is 26.9 Å². The van der Waals surface area contributed by atoms with E-state index < -0.39 is 22.5 Å². The number of carbonyl (C=O) groups excluding carboxylic acids is 1. The van der Waals surface area contributed by atoms with E-state index in [1.165, 1.54) is 38.6 Å². The average molecular weight is 616 g/mol. The van der Waals surface area contributed by atoms with Gasteiger partial charge >= 0.3 is 0 Å². The van der Waals surface area contributed by atoms with Crippen molar-refractivity contribution in [3.05, 3.63) is 99.8 Å². The van der Waals surface area contributed by atoms with Crippen molar-refractivity contribution in [2.75, 3.05) is 25.1 Å². The van der Waals surface area contributed by atoms with Gasteiger partial charge < -0.3 is 14.0 Å². The fourth-order valence-electron chi connectivity index (χ4n) is 4.30. The highest BCUT2D eigenvalue weighted by Crippen LogP contribution is 2.35. The lowest BCUT2D eigenvalue weighted by atomic mass is 10.2. The molecule has 0 unspecified atom stereocenters. The van der Waals surface area contributed by atoms with Crippen molar-refractivity contribution in [2.45, 2.75) is 18.7 Å². The molecule has 0 atom stereocenters. The van der Waals surface area contributed by atoms with Crippen molar-refractivity contribution in [3.8, 4) is 17.2 Å². The zero-order chi connectivity index (χ0) is 29.7. The van der Waals surface area contributed by atoms with Crippen LogP contribution in [0, 0.1) is 13.8 Å². The summed E-state index contributed by atoms with van der Waals surface area (Å²) in [5.74, 6) is -0.0290. The van der Waals surface area contributed by atoms with Gasteiger partial charge in [0.25, 0.3) is 15.9 Å². The number of hydrogen-bond acceptors (Lipinski definition) is 6. The number of hydrogen-bond donors (Lipinski definition) is 1. The Morgan fingerprint density at radius 1 is 1.00 bits per heavy atom. The average Bonchev–Trinajstić information content (AvgIpc) is 3.24. The minimum absolute atomic E-state index is 0.00877. The van der Waals surface area contributed by atoms with Crippen LogP contribution in [0.2, 0.25) is 10.0 Å². The van der Waals surface area contributed by atoms with Gasteiger partial charge in [-0.1, -0.05) is 41.4 Å². The van der Waals surface area contributed by atoms with Crippen LogP contribution in [0.4, 0.5) is 5.69 Å². The number of sulfonamides is 1. The lowest BCUT2D eigenvalue weighted by molar-refractivity contribution is -0.119. The molecule has 4 aromatic rings. The molecule has 0 aliphatic rings. The molecule has 0 fully saturated rings. The molecule has 0 saturated heterocycles. The van der Waals surface area contributed by atoms with E-state index in [2.05, 4.69) is 10.5 Å². The van der Waals surface area contributed by atoms with Crippen molar-refractivity contribution < 1.29 is 22.7 Å². The number of ether oxygens (including phenoxy) is 2. The molecule has 4 rings (SSSR count). The Hall–Kier alpha value is -3.99. The van der Waals surface area contributed by atoms with E-state index in [0.29, 0.717) is 15.8 Å². The number of anilines is 1. The maximum Gasteiger partial charge on any atom is 0.264 e. The Bertz CT molecular complexity index is 1710. The summed E-state index contributed by atoms with van der Waals surface area (Å²) >= 11 is 12.5. The summed E-state index contributed by atoms with van der Waals surface area (Å²) in [6.07, 6.45) is 1.49. The minimum atomic E-state index is -4.17. The summed E-state index contributed by atoms with van der Waals surface area (Å²) in [6.45, 7) is 3.24. The normalized spacial score (nSPS) is 11.5. The van der Waals surface area contributed by atoms with Gasteiger partial charge in [-0.05, 0) is 62.4 Å². The number of amides is 1. The molecule has 0 spiro atoms. The molecule has 12 heteroatoms. The van der Waals surface area contributed by atoms with E-state index in [1.54, 1.807) is 42.5 Å². The zero-order valence-electron chi connectivity index (χ0n) is 22.8. The van der Waals surface area contributed by atoms with Crippen molar-refractivity contribution in [1.82, 2.24) is 9.99 Å². The molecule has 1 N–H and O–H groups in total. The number of methoxy groups -OCH3 is 2. The second kappa shape index (κ2) is 12.7. The summed E-state index contributed by atoms with van der Waals surface area (Å²) < 4.78 is 41.0. The predicted octanol–water partition coefficient (Wildman–Crippen LogP) is 5.76. The first-order valence-corrected chi connectivity index (χ1v) is 14.5. The fourth-order valence-corrected chi connectivity index (χ4v) is 6.24. The molecule has 1 aromatic heterocycles. The summed E-state index contributed by atoms with van der Waals surface area (Å²) in [5, 5.41) is 5.11. The molecular weight excluding hydrogens is 587 g/mol. The van der Waals surface area contributed by atoms with E-state index in [-0.39, 0.29) is 16.3 Å². The standard InChI is InChI=1S/C29H28Cl2N4O5S/c1-19-14-21(20(2)35(19)26-12-10-22(30)15-25(26)31)17-32-33-29(36)18-34(41(37,38)24-8-6-5-7-9-24)27-16-23(39-3)11-13-28(27)40-4/h5-17H,18H2,1-4H3,(H,33,36)/b32-17-. The molecule has 0 saturated carbocycles. The maximum absolute atomic E-state index is 13.7. The van der Waals surface area contributed by atoms with Gasteiger partial charge in [-0.2, -0.15) is 5.10 Å².